The van der Waals surface area contributed by atoms with E-state index in [0.717, 1.165) is 43.5 Å². The summed E-state index contributed by atoms with van der Waals surface area (Å²) in [6.45, 7) is 1.84. The van der Waals surface area contributed by atoms with Crippen LogP contribution in [0, 0.1) is 5.92 Å². The molecule has 2 heterocycles. The molecule has 4 nitrogen and oxygen atoms in total. The Morgan fingerprint density at radius 1 is 1.03 bits per heavy atom. The topological polar surface area (TPSA) is 36.4 Å². The van der Waals surface area contributed by atoms with Crippen LogP contribution in [-0.2, 0) is 19.1 Å². The van der Waals surface area contributed by atoms with E-state index < -0.39 is 11.7 Å². The summed E-state index contributed by atoms with van der Waals surface area (Å²) in [6.07, 6.45) is 1.68. The summed E-state index contributed by atoms with van der Waals surface area (Å²) in [6, 6.07) is 19.4. The second kappa shape index (κ2) is 11.0. The van der Waals surface area contributed by atoms with Gasteiger partial charge in [0.05, 0.1) is 5.56 Å². The largest absolute Gasteiger partial charge is 0.416 e. The molecule has 0 unspecified atom stereocenters. The first-order valence-electron chi connectivity index (χ1n) is 11.9. The Morgan fingerprint density at radius 3 is 2.40 bits per heavy atom. The summed E-state index contributed by atoms with van der Waals surface area (Å²) < 4.78 is 39.3. The van der Waals surface area contributed by atoms with Crippen molar-refractivity contribution in [2.75, 3.05) is 20.1 Å². The van der Waals surface area contributed by atoms with Gasteiger partial charge in [-0.15, -0.1) is 0 Å². The molecule has 0 N–H and O–H groups in total. The Labute approximate surface area is 204 Å². The minimum Gasteiger partial charge on any atom is -0.339 e. The Kier molecular flexibility index (Phi) is 7.86. The number of hydrogen-bond donors (Lipinski definition) is 0. The number of carbonyl (C=O) groups excluding carboxylic acids is 1. The van der Waals surface area contributed by atoms with Gasteiger partial charge in [-0.05, 0) is 67.6 Å². The first-order valence-corrected chi connectivity index (χ1v) is 11.9. The Hall–Kier alpha value is -3.19. The van der Waals surface area contributed by atoms with E-state index in [1.165, 1.54) is 17.7 Å². The van der Waals surface area contributed by atoms with E-state index in [4.69, 9.17) is 0 Å². The van der Waals surface area contributed by atoms with Crippen LogP contribution in [0.5, 0.6) is 0 Å². The van der Waals surface area contributed by atoms with Crippen LogP contribution in [0.1, 0.15) is 39.9 Å². The molecule has 184 valence electrons. The molecule has 1 fully saturated rings. The van der Waals surface area contributed by atoms with Crippen LogP contribution < -0.4 is 0 Å². The molecule has 1 aliphatic rings. The maximum absolute atomic E-state index is 13.1. The number of halogens is 3. The molecular formula is C28H30F3N3O. The number of aromatic nitrogens is 1. The van der Waals surface area contributed by atoms with Gasteiger partial charge in [0.25, 0.3) is 5.91 Å². The predicted molar refractivity (Wildman–Crippen MR) is 130 cm³/mol. The fourth-order valence-electron chi connectivity index (χ4n) is 4.93. The lowest BCUT2D eigenvalue weighted by molar-refractivity contribution is -0.137. The van der Waals surface area contributed by atoms with Crippen LogP contribution in [0.4, 0.5) is 13.2 Å². The van der Waals surface area contributed by atoms with Crippen molar-refractivity contribution in [2.45, 2.75) is 38.0 Å². The minimum atomic E-state index is -4.47. The number of piperidine rings is 1. The Bertz CT molecular complexity index is 1100. The average Bonchev–Trinajstić information content (AvgIpc) is 2.88. The van der Waals surface area contributed by atoms with Gasteiger partial charge in [-0.3, -0.25) is 14.7 Å². The third-order valence-corrected chi connectivity index (χ3v) is 6.82. The molecule has 0 radical (unpaired) electrons. The Morgan fingerprint density at radius 2 is 1.74 bits per heavy atom. The molecule has 7 heteroatoms. The molecule has 35 heavy (non-hydrogen) atoms. The molecule has 2 aromatic carbocycles. The van der Waals surface area contributed by atoms with Crippen LogP contribution in [0.15, 0.2) is 79.1 Å². The van der Waals surface area contributed by atoms with Crippen molar-refractivity contribution >= 4 is 5.91 Å². The molecule has 4 rings (SSSR count). The van der Waals surface area contributed by atoms with Crippen LogP contribution in [0.3, 0.4) is 0 Å². The highest BCUT2D eigenvalue weighted by Gasteiger charge is 2.33. The predicted octanol–water partition coefficient (Wildman–Crippen LogP) is 5.70. The SMILES string of the molecule is CN(Cc1cccnc1)[C@H](Cc1ccccc1)C1CCN(C(=O)c2cccc(C(F)(F)F)c2)CC1. The van der Waals surface area contributed by atoms with E-state index in [1.54, 1.807) is 11.1 Å². The molecule has 1 saturated heterocycles. The summed E-state index contributed by atoms with van der Waals surface area (Å²) in [5.41, 5.74) is 1.70. The van der Waals surface area contributed by atoms with Crippen molar-refractivity contribution in [3.05, 3.63) is 101 Å². The van der Waals surface area contributed by atoms with Crippen molar-refractivity contribution in [2.24, 2.45) is 5.92 Å². The molecule has 0 bridgehead atoms. The van der Waals surface area contributed by atoms with Crippen molar-refractivity contribution in [1.82, 2.24) is 14.8 Å². The fourth-order valence-corrected chi connectivity index (χ4v) is 4.93. The zero-order valence-corrected chi connectivity index (χ0v) is 19.8. The molecule has 1 amide bonds. The van der Waals surface area contributed by atoms with Gasteiger partial charge >= 0.3 is 6.18 Å². The number of amides is 1. The summed E-state index contributed by atoms with van der Waals surface area (Å²) >= 11 is 0. The molecule has 1 atom stereocenters. The number of nitrogens with zero attached hydrogens (tertiary/aromatic N) is 3. The van der Waals surface area contributed by atoms with E-state index in [-0.39, 0.29) is 17.5 Å². The van der Waals surface area contributed by atoms with E-state index in [2.05, 4.69) is 35.1 Å². The third kappa shape index (κ3) is 6.48. The Balaban J connectivity index is 1.45. The maximum atomic E-state index is 13.1. The normalized spacial score (nSPS) is 15.9. The lowest BCUT2D eigenvalue weighted by Crippen LogP contribution is -2.46. The van der Waals surface area contributed by atoms with Crippen LogP contribution in [0.25, 0.3) is 0 Å². The van der Waals surface area contributed by atoms with Gasteiger partial charge in [0.2, 0.25) is 0 Å². The summed E-state index contributed by atoms with van der Waals surface area (Å²) in [5.74, 6) is 0.0281. The average molecular weight is 482 g/mol. The molecule has 1 aromatic heterocycles. The van der Waals surface area contributed by atoms with Gasteiger partial charge in [0.15, 0.2) is 0 Å². The summed E-state index contributed by atoms with van der Waals surface area (Å²) in [7, 11) is 2.13. The lowest BCUT2D eigenvalue weighted by Gasteiger charge is -2.40. The monoisotopic (exact) mass is 481 g/mol. The van der Waals surface area contributed by atoms with Gasteiger partial charge < -0.3 is 4.90 Å². The molecule has 0 saturated carbocycles. The van der Waals surface area contributed by atoms with Crippen molar-refractivity contribution in [3.8, 4) is 0 Å². The number of carbonyl (C=O) groups is 1. The number of pyridine rings is 1. The van der Waals surface area contributed by atoms with Crippen LogP contribution in [-0.4, -0.2) is 46.9 Å². The van der Waals surface area contributed by atoms with Crippen molar-refractivity contribution in [3.63, 3.8) is 0 Å². The van der Waals surface area contributed by atoms with Gasteiger partial charge in [-0.1, -0.05) is 42.5 Å². The van der Waals surface area contributed by atoms with E-state index in [9.17, 15) is 18.0 Å². The van der Waals surface area contributed by atoms with E-state index in [0.29, 0.717) is 19.0 Å². The van der Waals surface area contributed by atoms with Gasteiger partial charge in [0.1, 0.15) is 0 Å². The van der Waals surface area contributed by atoms with Gasteiger partial charge in [0, 0.05) is 43.6 Å². The van der Waals surface area contributed by atoms with E-state index >= 15 is 0 Å². The fraction of sp³-hybridized carbons (Fsp3) is 0.357. The minimum absolute atomic E-state index is 0.0906. The van der Waals surface area contributed by atoms with E-state index in [1.807, 2.05) is 30.5 Å². The zero-order chi connectivity index (χ0) is 24.8. The molecule has 0 aliphatic carbocycles. The number of likely N-dealkylation sites (tertiary alicyclic amines) is 1. The number of rotatable bonds is 7. The van der Waals surface area contributed by atoms with Crippen LogP contribution in [0.2, 0.25) is 0 Å². The standard InChI is InChI=1S/C28H30F3N3O/c1-33(20-22-9-6-14-32-19-22)26(17-21-7-3-2-4-8-21)23-12-15-34(16-13-23)27(35)24-10-5-11-25(18-24)28(29,30)31/h2-11,14,18-19,23,26H,12-13,15-17,20H2,1H3/t26-/m1/s1. The number of hydrogen-bond acceptors (Lipinski definition) is 3. The number of alkyl halides is 3. The van der Waals surface area contributed by atoms with Gasteiger partial charge in [-0.2, -0.15) is 13.2 Å². The third-order valence-electron chi connectivity index (χ3n) is 6.82. The summed E-state index contributed by atoms with van der Waals surface area (Å²) in [5, 5.41) is 0. The zero-order valence-electron chi connectivity index (χ0n) is 19.8. The molecule has 3 aromatic rings. The number of likely N-dealkylation sites (N-methyl/N-ethyl adjacent to an activating group) is 1. The van der Waals surface area contributed by atoms with Crippen molar-refractivity contribution in [1.29, 1.82) is 0 Å². The first-order chi connectivity index (χ1) is 16.8. The second-order valence-electron chi connectivity index (χ2n) is 9.24. The summed E-state index contributed by atoms with van der Waals surface area (Å²) in [4.78, 5) is 21.2. The highest BCUT2D eigenvalue weighted by molar-refractivity contribution is 5.94. The highest BCUT2D eigenvalue weighted by atomic mass is 19.4. The lowest BCUT2D eigenvalue weighted by atomic mass is 9.84. The second-order valence-corrected chi connectivity index (χ2v) is 9.24. The van der Waals surface area contributed by atoms with Crippen molar-refractivity contribution < 1.29 is 18.0 Å². The number of benzene rings is 2. The molecular weight excluding hydrogens is 451 g/mol. The van der Waals surface area contributed by atoms with Crippen LogP contribution >= 0.6 is 0 Å². The quantitative estimate of drug-likeness (QED) is 0.435. The smallest absolute Gasteiger partial charge is 0.339 e. The first kappa shape index (κ1) is 24.9. The highest BCUT2D eigenvalue weighted by Crippen LogP contribution is 2.31. The maximum Gasteiger partial charge on any atom is 0.416 e. The van der Waals surface area contributed by atoms with Gasteiger partial charge in [-0.25, -0.2) is 0 Å². The molecule has 1 aliphatic heterocycles. The molecule has 0 spiro atoms.